The third-order valence-electron chi connectivity index (χ3n) is 1.75. The second kappa shape index (κ2) is 10.6. The van der Waals surface area contributed by atoms with Gasteiger partial charge in [-0.05, 0) is 37.2 Å². The molecule has 2 amide bonds. The van der Waals surface area contributed by atoms with Crippen LogP contribution in [-0.2, 0) is 4.74 Å². The van der Waals surface area contributed by atoms with Gasteiger partial charge in [0.1, 0.15) is 0 Å². The molecule has 0 fully saturated rings. The summed E-state index contributed by atoms with van der Waals surface area (Å²) in [5.41, 5.74) is 0. The van der Waals surface area contributed by atoms with Gasteiger partial charge in [-0.2, -0.15) is 0 Å². The van der Waals surface area contributed by atoms with Crippen molar-refractivity contribution >= 4 is 35.9 Å². The van der Waals surface area contributed by atoms with E-state index in [1.165, 1.54) is 27.6 Å². The van der Waals surface area contributed by atoms with Crippen LogP contribution in [0.25, 0.3) is 0 Å². The molecule has 17 heavy (non-hydrogen) atoms. The summed E-state index contributed by atoms with van der Waals surface area (Å²) in [5, 5.41) is 2.65. The molecular weight excluding hydrogens is 258 g/mol. The first-order valence-corrected chi connectivity index (χ1v) is 7.92. The second-order valence-corrected chi connectivity index (χ2v) is 4.73. The Kier molecular flexibility index (Phi) is 10.2. The van der Waals surface area contributed by atoms with Crippen LogP contribution in [0.5, 0.6) is 0 Å². The van der Waals surface area contributed by atoms with Gasteiger partial charge in [0, 0.05) is 19.1 Å². The van der Waals surface area contributed by atoms with Gasteiger partial charge < -0.3 is 4.74 Å². The van der Waals surface area contributed by atoms with E-state index >= 15 is 0 Å². The molecule has 0 rings (SSSR count). The largest absolute Gasteiger partial charge is 0.465 e. The Labute approximate surface area is 112 Å². The van der Waals surface area contributed by atoms with Gasteiger partial charge >= 0.3 is 6.03 Å². The average Bonchev–Trinajstić information content (AvgIpc) is 2.31. The number of carbonyl (C=O) groups is 1. The number of amidine groups is 1. The van der Waals surface area contributed by atoms with Crippen molar-refractivity contribution in [3.63, 3.8) is 0 Å². The normalized spacial score (nSPS) is 11.2. The van der Waals surface area contributed by atoms with Crippen molar-refractivity contribution in [3.8, 4) is 0 Å². The van der Waals surface area contributed by atoms with Crippen LogP contribution < -0.4 is 5.32 Å². The van der Waals surface area contributed by atoms with E-state index < -0.39 is 0 Å². The van der Waals surface area contributed by atoms with E-state index in [4.69, 9.17) is 4.74 Å². The average molecular weight is 279 g/mol. The van der Waals surface area contributed by atoms with Crippen molar-refractivity contribution < 1.29 is 9.53 Å². The fourth-order valence-corrected chi connectivity index (χ4v) is 1.97. The van der Waals surface area contributed by atoms with Gasteiger partial charge in [-0.1, -0.05) is 13.3 Å². The molecule has 0 saturated carbocycles. The molecule has 0 heterocycles. The zero-order valence-corrected chi connectivity index (χ0v) is 12.5. The Morgan fingerprint density at radius 1 is 1.35 bits per heavy atom. The molecule has 7 heteroatoms. The predicted octanol–water partition coefficient (Wildman–Crippen LogP) is 2.75. The maximum atomic E-state index is 11.7. The summed E-state index contributed by atoms with van der Waals surface area (Å²) >= 11 is 2.68. The van der Waals surface area contributed by atoms with Gasteiger partial charge in [0.15, 0.2) is 0 Å². The number of nitrogens with one attached hydrogen (secondary N) is 1. The number of unbranched alkanes of at least 4 members (excludes halogenated alkanes) is 1. The molecule has 0 aliphatic heterocycles. The molecule has 0 atom stereocenters. The van der Waals surface area contributed by atoms with Crippen molar-refractivity contribution in [2.45, 2.75) is 26.7 Å². The molecule has 5 nitrogen and oxygen atoms in total. The Hall–Kier alpha value is -0.560. The number of amides is 2. The maximum Gasteiger partial charge on any atom is 0.345 e. The highest BCUT2D eigenvalue weighted by molar-refractivity contribution is 8.12. The quantitative estimate of drug-likeness (QED) is 0.351. The van der Waals surface area contributed by atoms with Crippen LogP contribution >= 0.6 is 23.9 Å². The molecule has 1 N–H and O–H groups in total. The topological polar surface area (TPSA) is 53.9 Å². The number of urea groups is 1. The predicted molar refractivity (Wildman–Crippen MR) is 76.2 cm³/mol. The number of hydrogen-bond donors (Lipinski definition) is 1. The lowest BCUT2D eigenvalue weighted by atomic mass is 10.4. The molecule has 0 saturated heterocycles. The lowest BCUT2D eigenvalue weighted by molar-refractivity contribution is 0.235. The molecular formula is C10H21N3O2S2. The molecule has 0 unspecified atom stereocenters. The van der Waals surface area contributed by atoms with Crippen LogP contribution in [0, 0.1) is 0 Å². The molecule has 0 aliphatic carbocycles. The number of ether oxygens (including phenoxy) is 1. The number of rotatable bonds is 6. The molecule has 0 aliphatic rings. The molecule has 0 bridgehead atoms. The summed E-state index contributed by atoms with van der Waals surface area (Å²) in [6.07, 6.45) is 5.68. The van der Waals surface area contributed by atoms with Crippen molar-refractivity contribution in [3.05, 3.63) is 0 Å². The Bertz CT molecular complexity index is 246. The fraction of sp³-hybridized carbons (Fsp3) is 0.800. The highest BCUT2D eigenvalue weighted by Gasteiger charge is 2.14. The smallest absolute Gasteiger partial charge is 0.345 e. The second-order valence-electron chi connectivity index (χ2n) is 3.03. The van der Waals surface area contributed by atoms with Crippen LogP contribution in [0.1, 0.15) is 26.7 Å². The molecule has 0 spiro atoms. The van der Waals surface area contributed by atoms with E-state index in [-0.39, 0.29) is 6.03 Å². The molecule has 100 valence electrons. The van der Waals surface area contributed by atoms with E-state index in [2.05, 4.69) is 17.2 Å². The molecule has 0 radical (unpaired) electrons. The van der Waals surface area contributed by atoms with Crippen LogP contribution in [0.2, 0.25) is 0 Å². The fourth-order valence-electron chi connectivity index (χ4n) is 0.956. The minimum atomic E-state index is -0.228. The van der Waals surface area contributed by atoms with Gasteiger partial charge in [-0.15, -0.1) is 0 Å². The summed E-state index contributed by atoms with van der Waals surface area (Å²) in [6.45, 7) is 5.15. The van der Waals surface area contributed by atoms with Crippen molar-refractivity contribution in [2.75, 3.05) is 25.7 Å². The van der Waals surface area contributed by atoms with Crippen LogP contribution in [0.15, 0.2) is 4.99 Å². The number of hydrogen-bond acceptors (Lipinski definition) is 5. The summed E-state index contributed by atoms with van der Waals surface area (Å²) in [7, 11) is 0. The minimum Gasteiger partial charge on any atom is -0.465 e. The van der Waals surface area contributed by atoms with Gasteiger partial charge in [0.05, 0.1) is 6.61 Å². The number of carbonyl (C=O) groups excluding carboxylic acids is 1. The lowest BCUT2D eigenvalue weighted by Gasteiger charge is -2.17. The van der Waals surface area contributed by atoms with Gasteiger partial charge in [-0.25, -0.2) is 13.5 Å². The Balaban J connectivity index is 4.24. The van der Waals surface area contributed by atoms with Gasteiger partial charge in [0.25, 0.3) is 6.02 Å². The SMILES string of the molecule is CCCCOC(=NCC)NC(=O)N(SC)SC. The van der Waals surface area contributed by atoms with E-state index in [1.807, 2.05) is 19.4 Å². The van der Waals surface area contributed by atoms with E-state index in [0.717, 1.165) is 12.8 Å². The number of aliphatic imine (C=N–C) groups is 1. The highest BCUT2D eigenvalue weighted by atomic mass is 32.2. The molecule has 0 aromatic rings. The summed E-state index contributed by atoms with van der Waals surface area (Å²) < 4.78 is 6.93. The first kappa shape index (κ1) is 16.4. The van der Waals surface area contributed by atoms with E-state index in [0.29, 0.717) is 19.2 Å². The minimum absolute atomic E-state index is 0.228. The van der Waals surface area contributed by atoms with Crippen molar-refractivity contribution in [1.29, 1.82) is 0 Å². The zero-order chi connectivity index (χ0) is 13.1. The third kappa shape index (κ3) is 7.38. The first-order chi connectivity index (χ1) is 8.19. The monoisotopic (exact) mass is 279 g/mol. The third-order valence-corrected chi connectivity index (χ3v) is 3.64. The molecule has 0 aromatic heterocycles. The molecule has 0 aromatic carbocycles. The van der Waals surface area contributed by atoms with Crippen molar-refractivity contribution in [2.24, 2.45) is 4.99 Å². The van der Waals surface area contributed by atoms with E-state index in [1.54, 1.807) is 0 Å². The highest BCUT2D eigenvalue weighted by Crippen LogP contribution is 2.15. The standard InChI is InChI=1S/C10H21N3O2S2/c1-5-7-8-15-9(11-6-2)12-10(14)13(16-3)17-4/h5-8H2,1-4H3,(H,11,12,14). The maximum absolute atomic E-state index is 11.7. The van der Waals surface area contributed by atoms with Crippen molar-refractivity contribution in [1.82, 2.24) is 9.03 Å². The van der Waals surface area contributed by atoms with Crippen LogP contribution in [0.3, 0.4) is 0 Å². The van der Waals surface area contributed by atoms with Crippen LogP contribution in [0.4, 0.5) is 4.79 Å². The number of nitrogens with zero attached hydrogens (tertiary/aromatic N) is 2. The van der Waals surface area contributed by atoms with Gasteiger partial charge in [-0.3, -0.25) is 5.32 Å². The summed E-state index contributed by atoms with van der Waals surface area (Å²) in [5.74, 6) is 0. The summed E-state index contributed by atoms with van der Waals surface area (Å²) in [6, 6.07) is 0.0766. The lowest BCUT2D eigenvalue weighted by Crippen LogP contribution is -2.38. The first-order valence-electron chi connectivity index (χ1n) is 5.56. The summed E-state index contributed by atoms with van der Waals surface area (Å²) in [4.78, 5) is 15.8. The Morgan fingerprint density at radius 2 is 2.00 bits per heavy atom. The zero-order valence-electron chi connectivity index (χ0n) is 10.9. The Morgan fingerprint density at radius 3 is 2.47 bits per heavy atom. The van der Waals surface area contributed by atoms with E-state index in [9.17, 15) is 4.79 Å². The van der Waals surface area contributed by atoms with Gasteiger partial charge in [0.2, 0.25) is 0 Å². The van der Waals surface area contributed by atoms with Crippen LogP contribution in [-0.4, -0.2) is 41.4 Å².